The summed E-state index contributed by atoms with van der Waals surface area (Å²) in [5, 5.41) is 5.58. The van der Waals surface area contributed by atoms with E-state index in [1.807, 2.05) is 49.4 Å². The lowest BCUT2D eigenvalue weighted by Crippen LogP contribution is -2.16. The van der Waals surface area contributed by atoms with Crippen LogP contribution in [-0.4, -0.2) is 21.8 Å². The third-order valence-electron chi connectivity index (χ3n) is 4.92. The molecule has 7 nitrogen and oxygen atoms in total. The van der Waals surface area contributed by atoms with Gasteiger partial charge >= 0.3 is 0 Å². The van der Waals surface area contributed by atoms with Gasteiger partial charge in [-0.25, -0.2) is 9.97 Å². The van der Waals surface area contributed by atoms with Gasteiger partial charge in [-0.05, 0) is 47.9 Å². The van der Waals surface area contributed by atoms with Crippen LogP contribution in [0.4, 0.5) is 17.3 Å². The van der Waals surface area contributed by atoms with Gasteiger partial charge in [0.15, 0.2) is 0 Å². The van der Waals surface area contributed by atoms with Crippen LogP contribution in [0.2, 0.25) is 0 Å². The van der Waals surface area contributed by atoms with E-state index >= 15 is 0 Å². The minimum absolute atomic E-state index is 0.126. The fourth-order valence-corrected chi connectivity index (χ4v) is 3.19. The Kier molecular flexibility index (Phi) is 5.89. The largest absolute Gasteiger partial charge is 0.368 e. The third kappa shape index (κ3) is 4.79. The Balaban J connectivity index is 1.48. The molecule has 0 atom stereocenters. The molecule has 0 aliphatic carbocycles. The molecular weight excluding hydrogens is 402 g/mol. The number of nitrogen functional groups attached to an aromatic ring is 1. The highest BCUT2D eigenvalue weighted by molar-refractivity contribution is 6.08. The summed E-state index contributed by atoms with van der Waals surface area (Å²) < 4.78 is 0. The highest BCUT2D eigenvalue weighted by Crippen LogP contribution is 2.21. The monoisotopic (exact) mass is 423 g/mol. The average Bonchev–Trinajstić information content (AvgIpc) is 2.82. The Morgan fingerprint density at radius 1 is 0.750 bits per heavy atom. The number of rotatable bonds is 5. The maximum Gasteiger partial charge on any atom is 0.256 e. The maximum atomic E-state index is 12.7. The van der Waals surface area contributed by atoms with Crippen LogP contribution in [0.1, 0.15) is 26.3 Å². The van der Waals surface area contributed by atoms with Gasteiger partial charge in [0.25, 0.3) is 11.8 Å². The number of nitrogens with two attached hydrogens (primary N) is 1. The number of amides is 2. The number of hydrogen-bond acceptors (Lipinski definition) is 5. The molecule has 0 aliphatic rings. The van der Waals surface area contributed by atoms with E-state index in [1.54, 1.807) is 30.3 Å². The molecule has 3 aromatic carbocycles. The van der Waals surface area contributed by atoms with Crippen LogP contribution in [0.25, 0.3) is 11.1 Å². The first kappa shape index (κ1) is 20.7. The SMILES string of the molecule is Cc1ccc(NC(=O)c2ccc(-c3ccccc3)cc2)cc1C(=O)Nc1cnc(N)nc1. The summed E-state index contributed by atoms with van der Waals surface area (Å²) in [5.74, 6) is -0.466. The number of carbonyl (C=O) groups is 2. The molecule has 0 bridgehead atoms. The number of nitrogens with one attached hydrogen (secondary N) is 2. The molecule has 4 N–H and O–H groups in total. The van der Waals surface area contributed by atoms with Crippen molar-refractivity contribution < 1.29 is 9.59 Å². The zero-order valence-corrected chi connectivity index (χ0v) is 17.4. The van der Waals surface area contributed by atoms with E-state index in [0.717, 1.165) is 16.7 Å². The van der Waals surface area contributed by atoms with Crippen molar-refractivity contribution in [3.63, 3.8) is 0 Å². The van der Waals surface area contributed by atoms with Gasteiger partial charge in [0.2, 0.25) is 5.95 Å². The Hall–Kier alpha value is -4.52. The summed E-state index contributed by atoms with van der Waals surface area (Å²) in [7, 11) is 0. The molecule has 2 amide bonds. The van der Waals surface area contributed by atoms with Gasteiger partial charge in [0.1, 0.15) is 0 Å². The molecular formula is C25H21N5O2. The highest BCUT2D eigenvalue weighted by Gasteiger charge is 2.13. The number of aryl methyl sites for hydroxylation is 1. The van der Waals surface area contributed by atoms with E-state index in [-0.39, 0.29) is 17.8 Å². The summed E-state index contributed by atoms with van der Waals surface area (Å²) in [6.07, 6.45) is 2.86. The Morgan fingerprint density at radius 3 is 2.06 bits per heavy atom. The predicted molar refractivity (Wildman–Crippen MR) is 125 cm³/mol. The molecule has 7 heteroatoms. The Morgan fingerprint density at radius 2 is 1.38 bits per heavy atom. The first-order valence-corrected chi connectivity index (χ1v) is 9.96. The molecule has 0 unspecified atom stereocenters. The van der Waals surface area contributed by atoms with Gasteiger partial charge in [-0.3, -0.25) is 9.59 Å². The van der Waals surface area contributed by atoms with Crippen LogP contribution in [0.15, 0.2) is 85.2 Å². The lowest BCUT2D eigenvalue weighted by molar-refractivity contribution is 0.101. The molecule has 0 saturated heterocycles. The van der Waals surface area contributed by atoms with Crippen molar-refractivity contribution in [2.75, 3.05) is 16.4 Å². The lowest BCUT2D eigenvalue weighted by Gasteiger charge is -2.11. The zero-order valence-electron chi connectivity index (χ0n) is 17.4. The number of carbonyl (C=O) groups excluding carboxylic acids is 2. The Bertz CT molecular complexity index is 1250. The van der Waals surface area contributed by atoms with Crippen LogP contribution >= 0.6 is 0 Å². The van der Waals surface area contributed by atoms with Gasteiger partial charge in [0.05, 0.1) is 18.1 Å². The van der Waals surface area contributed by atoms with Crippen molar-refractivity contribution in [1.29, 1.82) is 0 Å². The van der Waals surface area contributed by atoms with E-state index in [9.17, 15) is 9.59 Å². The van der Waals surface area contributed by atoms with Crippen molar-refractivity contribution in [2.45, 2.75) is 6.92 Å². The first-order valence-electron chi connectivity index (χ1n) is 9.96. The highest BCUT2D eigenvalue weighted by atomic mass is 16.2. The molecule has 0 radical (unpaired) electrons. The molecule has 4 rings (SSSR count). The van der Waals surface area contributed by atoms with Gasteiger partial charge < -0.3 is 16.4 Å². The number of nitrogens with zero attached hydrogens (tertiary/aromatic N) is 2. The van der Waals surface area contributed by atoms with Gasteiger partial charge in [-0.1, -0.05) is 48.5 Å². The summed E-state index contributed by atoms with van der Waals surface area (Å²) in [4.78, 5) is 33.1. The zero-order chi connectivity index (χ0) is 22.5. The van der Waals surface area contributed by atoms with Crippen LogP contribution in [-0.2, 0) is 0 Å². The Labute approximate surface area is 185 Å². The number of aromatic nitrogens is 2. The molecule has 4 aromatic rings. The van der Waals surface area contributed by atoms with E-state index in [1.165, 1.54) is 12.4 Å². The minimum Gasteiger partial charge on any atom is -0.368 e. The van der Waals surface area contributed by atoms with Gasteiger partial charge in [0, 0.05) is 16.8 Å². The van der Waals surface area contributed by atoms with E-state index in [0.29, 0.717) is 22.5 Å². The summed E-state index contributed by atoms with van der Waals surface area (Å²) >= 11 is 0. The second-order valence-electron chi connectivity index (χ2n) is 7.21. The lowest BCUT2D eigenvalue weighted by atomic mass is 10.0. The molecule has 1 heterocycles. The molecule has 32 heavy (non-hydrogen) atoms. The van der Waals surface area contributed by atoms with Crippen LogP contribution in [0, 0.1) is 6.92 Å². The molecule has 0 fully saturated rings. The van der Waals surface area contributed by atoms with Crippen molar-refractivity contribution in [2.24, 2.45) is 0 Å². The molecule has 0 spiro atoms. The average molecular weight is 423 g/mol. The van der Waals surface area contributed by atoms with E-state index in [4.69, 9.17) is 5.73 Å². The van der Waals surface area contributed by atoms with Crippen LogP contribution in [0.5, 0.6) is 0 Å². The summed E-state index contributed by atoms with van der Waals surface area (Å²) in [6, 6.07) is 22.5. The van der Waals surface area contributed by atoms with Crippen LogP contribution in [0.3, 0.4) is 0 Å². The predicted octanol–water partition coefficient (Wildman–Crippen LogP) is 4.54. The molecule has 0 saturated carbocycles. The second-order valence-corrected chi connectivity index (χ2v) is 7.21. The van der Waals surface area contributed by atoms with Crippen molar-refractivity contribution in [3.05, 3.63) is 102 Å². The topological polar surface area (TPSA) is 110 Å². The van der Waals surface area contributed by atoms with Gasteiger partial charge in [-0.15, -0.1) is 0 Å². The fraction of sp³-hybridized carbons (Fsp3) is 0.0400. The molecule has 0 aliphatic heterocycles. The number of benzene rings is 3. The first-order chi connectivity index (χ1) is 15.5. The fourth-order valence-electron chi connectivity index (χ4n) is 3.19. The quantitative estimate of drug-likeness (QED) is 0.437. The number of hydrogen-bond donors (Lipinski definition) is 3. The smallest absolute Gasteiger partial charge is 0.256 e. The van der Waals surface area contributed by atoms with Crippen molar-refractivity contribution in [3.8, 4) is 11.1 Å². The molecule has 158 valence electrons. The standard InChI is InChI=1S/C25H21N5O2/c1-16-7-12-20(13-22(16)24(32)30-21-14-27-25(26)28-15-21)29-23(31)19-10-8-18(9-11-19)17-5-3-2-4-6-17/h2-15H,1H3,(H,29,31)(H,30,32)(H2,26,27,28). The maximum absolute atomic E-state index is 12.7. The van der Waals surface area contributed by atoms with Gasteiger partial charge in [-0.2, -0.15) is 0 Å². The molecule has 1 aromatic heterocycles. The van der Waals surface area contributed by atoms with Crippen LogP contribution < -0.4 is 16.4 Å². The summed E-state index contributed by atoms with van der Waals surface area (Å²) in [6.45, 7) is 1.82. The van der Waals surface area contributed by atoms with Crippen molar-refractivity contribution in [1.82, 2.24) is 9.97 Å². The number of anilines is 3. The van der Waals surface area contributed by atoms with E-state index < -0.39 is 0 Å². The normalized spacial score (nSPS) is 10.4. The van der Waals surface area contributed by atoms with Crippen molar-refractivity contribution >= 4 is 29.1 Å². The second kappa shape index (κ2) is 9.09. The summed E-state index contributed by atoms with van der Waals surface area (Å²) in [5.41, 5.74) is 10.3. The minimum atomic E-state index is -0.334. The third-order valence-corrected chi connectivity index (χ3v) is 4.92. The van der Waals surface area contributed by atoms with E-state index in [2.05, 4.69) is 20.6 Å².